The van der Waals surface area contributed by atoms with E-state index in [1.54, 1.807) is 0 Å². The number of fused-ring (bicyclic) bond motifs is 3. The van der Waals surface area contributed by atoms with Gasteiger partial charge in [-0.3, -0.25) is 4.90 Å². The number of hydrogen-bond donors (Lipinski definition) is 1. The highest BCUT2D eigenvalue weighted by molar-refractivity contribution is 5.97. The van der Waals surface area contributed by atoms with Crippen molar-refractivity contribution < 1.29 is 17.3 Å². The van der Waals surface area contributed by atoms with Crippen LogP contribution in [0.4, 0.5) is 0 Å². The molecular weight excluding hydrogens is 234 g/mol. The smallest absolute Gasteiger partial charge is 0.245 e. The molecule has 0 saturated heterocycles. The van der Waals surface area contributed by atoms with Gasteiger partial charge < -0.3 is 17.0 Å². The first-order valence-corrected chi connectivity index (χ1v) is 5.69. The van der Waals surface area contributed by atoms with E-state index in [1.807, 2.05) is 7.05 Å². The van der Waals surface area contributed by atoms with Crippen molar-refractivity contribution in [1.29, 1.82) is 0 Å². The van der Waals surface area contributed by atoms with E-state index in [1.165, 1.54) is 27.3 Å². The number of hydrogen-bond acceptors (Lipinski definition) is 1. The summed E-state index contributed by atoms with van der Waals surface area (Å²) in [6.45, 7) is 2.19. The lowest BCUT2D eigenvalue weighted by Crippen LogP contribution is -3.13. The molecule has 0 saturated carbocycles. The molecule has 1 aromatic heterocycles. The number of nitrogens with one attached hydrogen (secondary N) is 1. The molecule has 17 heavy (non-hydrogen) atoms. The summed E-state index contributed by atoms with van der Waals surface area (Å²) >= 11 is 0. The van der Waals surface area contributed by atoms with Gasteiger partial charge in [0.1, 0.15) is 12.2 Å². The third kappa shape index (κ3) is 1.75. The zero-order valence-corrected chi connectivity index (χ0v) is 10.8. The van der Waals surface area contributed by atoms with Crippen LogP contribution in [0, 0.1) is 0 Å². The fraction of sp³-hybridized carbons (Fsp3) is 0.308. The SMILES string of the molecule is CN=C1c2cc3ccccc3n2CC[NH+]1C.[Cl-]. The van der Waals surface area contributed by atoms with Gasteiger partial charge in [0.05, 0.1) is 13.6 Å². The molecule has 0 aliphatic carbocycles. The van der Waals surface area contributed by atoms with Gasteiger partial charge >= 0.3 is 0 Å². The summed E-state index contributed by atoms with van der Waals surface area (Å²) in [7, 11) is 4.07. The average molecular weight is 250 g/mol. The van der Waals surface area contributed by atoms with Crippen LogP contribution in [0.2, 0.25) is 0 Å². The number of aromatic nitrogens is 1. The lowest BCUT2D eigenvalue weighted by Gasteiger charge is -2.23. The van der Waals surface area contributed by atoms with Crippen LogP contribution in [0.25, 0.3) is 10.9 Å². The maximum absolute atomic E-state index is 4.42. The van der Waals surface area contributed by atoms with E-state index in [2.05, 4.69) is 46.9 Å². The van der Waals surface area contributed by atoms with Crippen molar-refractivity contribution >= 4 is 16.7 Å². The van der Waals surface area contributed by atoms with E-state index in [-0.39, 0.29) is 12.4 Å². The number of quaternary nitrogens is 1. The van der Waals surface area contributed by atoms with E-state index in [4.69, 9.17) is 0 Å². The maximum Gasteiger partial charge on any atom is 0.245 e. The van der Waals surface area contributed by atoms with Gasteiger partial charge in [0.25, 0.3) is 0 Å². The minimum atomic E-state index is 0. The highest BCUT2D eigenvalue weighted by Crippen LogP contribution is 2.20. The van der Waals surface area contributed by atoms with Crippen LogP contribution in [0.5, 0.6) is 0 Å². The molecule has 90 valence electrons. The summed E-state index contributed by atoms with van der Waals surface area (Å²) in [5.41, 5.74) is 2.60. The molecule has 1 atom stereocenters. The van der Waals surface area contributed by atoms with Gasteiger partial charge in [0, 0.05) is 18.0 Å². The maximum atomic E-state index is 4.42. The molecular formula is C13H16ClN3. The van der Waals surface area contributed by atoms with Crippen LogP contribution < -0.4 is 17.3 Å². The number of amidine groups is 1. The first-order valence-electron chi connectivity index (χ1n) is 5.69. The Morgan fingerprint density at radius 1 is 1.29 bits per heavy atom. The standard InChI is InChI=1S/C13H15N3.ClH/c1-14-13-12-9-10-5-3-4-6-11(10)16(12)8-7-15(13)2;/h3-6,9H,7-8H2,1-2H3;1H. The van der Waals surface area contributed by atoms with Gasteiger partial charge in [-0.2, -0.15) is 0 Å². The molecule has 2 heterocycles. The summed E-state index contributed by atoms with van der Waals surface area (Å²) in [5.74, 6) is 1.17. The van der Waals surface area contributed by atoms with Crippen LogP contribution in [-0.2, 0) is 6.54 Å². The van der Waals surface area contributed by atoms with Crippen molar-refractivity contribution in [3.8, 4) is 0 Å². The Bertz CT molecular complexity index is 571. The van der Waals surface area contributed by atoms with Gasteiger partial charge in [-0.25, -0.2) is 4.99 Å². The van der Waals surface area contributed by atoms with Gasteiger partial charge in [-0.15, -0.1) is 0 Å². The molecule has 1 N–H and O–H groups in total. The molecule has 3 nitrogen and oxygen atoms in total. The largest absolute Gasteiger partial charge is 1.00 e. The van der Waals surface area contributed by atoms with Crippen LogP contribution in [0.3, 0.4) is 0 Å². The zero-order chi connectivity index (χ0) is 11.1. The number of benzene rings is 1. The topological polar surface area (TPSA) is 21.7 Å². The average Bonchev–Trinajstić information content (AvgIpc) is 2.67. The fourth-order valence-electron chi connectivity index (χ4n) is 2.57. The molecule has 4 heteroatoms. The highest BCUT2D eigenvalue weighted by atomic mass is 35.5. The third-order valence-electron chi connectivity index (χ3n) is 3.39. The van der Waals surface area contributed by atoms with Crippen molar-refractivity contribution in [2.24, 2.45) is 4.99 Å². The molecule has 1 aromatic carbocycles. The van der Waals surface area contributed by atoms with Crippen molar-refractivity contribution in [2.75, 3.05) is 20.6 Å². The summed E-state index contributed by atoms with van der Waals surface area (Å²) < 4.78 is 2.38. The number of aliphatic imine (C=N–C) groups is 1. The second-order valence-electron chi connectivity index (χ2n) is 4.34. The second-order valence-corrected chi connectivity index (χ2v) is 4.34. The molecule has 0 amide bonds. The van der Waals surface area contributed by atoms with Crippen molar-refractivity contribution in [3.63, 3.8) is 0 Å². The van der Waals surface area contributed by atoms with E-state index in [0.717, 1.165) is 13.1 Å². The number of nitrogens with zero attached hydrogens (tertiary/aromatic N) is 2. The van der Waals surface area contributed by atoms with Crippen LogP contribution in [0.15, 0.2) is 35.3 Å². The normalized spacial score (nSPS) is 21.3. The molecule has 1 aliphatic heterocycles. The molecule has 0 radical (unpaired) electrons. The van der Waals surface area contributed by atoms with Crippen LogP contribution in [-0.4, -0.2) is 31.0 Å². The second kappa shape index (κ2) is 4.51. The first-order chi connectivity index (χ1) is 7.81. The lowest BCUT2D eigenvalue weighted by molar-refractivity contribution is -0.785. The lowest BCUT2D eigenvalue weighted by atomic mass is 10.2. The third-order valence-corrected chi connectivity index (χ3v) is 3.39. The predicted octanol–water partition coefficient (Wildman–Crippen LogP) is -2.45. The molecule has 0 bridgehead atoms. The van der Waals surface area contributed by atoms with Gasteiger partial charge in [0.2, 0.25) is 5.84 Å². The number of likely N-dealkylation sites (N-methyl/N-ethyl adjacent to an activating group) is 1. The van der Waals surface area contributed by atoms with Crippen molar-refractivity contribution in [3.05, 3.63) is 36.0 Å². The minimum Gasteiger partial charge on any atom is -1.00 e. The number of halogens is 1. The predicted molar refractivity (Wildman–Crippen MR) is 66.2 cm³/mol. The van der Waals surface area contributed by atoms with E-state index < -0.39 is 0 Å². The Morgan fingerprint density at radius 3 is 2.82 bits per heavy atom. The van der Waals surface area contributed by atoms with Crippen molar-refractivity contribution in [2.45, 2.75) is 6.54 Å². The molecule has 1 aliphatic rings. The van der Waals surface area contributed by atoms with Gasteiger partial charge in [-0.1, -0.05) is 18.2 Å². The quantitative estimate of drug-likeness (QED) is 0.536. The Labute approximate surface area is 107 Å². The van der Waals surface area contributed by atoms with E-state index in [0.29, 0.717) is 0 Å². The van der Waals surface area contributed by atoms with Gasteiger partial charge in [0.15, 0.2) is 0 Å². The molecule has 1 unspecified atom stereocenters. The molecule has 0 spiro atoms. The molecule has 3 rings (SSSR count). The fourth-order valence-corrected chi connectivity index (χ4v) is 2.57. The minimum absolute atomic E-state index is 0. The Morgan fingerprint density at radius 2 is 2.06 bits per heavy atom. The summed E-state index contributed by atoms with van der Waals surface area (Å²) in [6.07, 6.45) is 0. The zero-order valence-electron chi connectivity index (χ0n) is 10.1. The van der Waals surface area contributed by atoms with Gasteiger partial charge in [-0.05, 0) is 12.1 Å². The van der Waals surface area contributed by atoms with E-state index in [9.17, 15) is 0 Å². The number of rotatable bonds is 0. The van der Waals surface area contributed by atoms with Crippen LogP contribution in [0.1, 0.15) is 5.69 Å². The molecule has 0 fully saturated rings. The summed E-state index contributed by atoms with van der Waals surface area (Å²) in [6, 6.07) is 10.8. The Hall–Kier alpha value is -1.32. The first kappa shape index (κ1) is 12.1. The molecule has 2 aromatic rings. The summed E-state index contributed by atoms with van der Waals surface area (Å²) in [5, 5.41) is 1.31. The monoisotopic (exact) mass is 249 g/mol. The van der Waals surface area contributed by atoms with Crippen molar-refractivity contribution in [1.82, 2.24) is 4.57 Å². The Kier molecular flexibility index (Phi) is 3.22. The van der Waals surface area contributed by atoms with E-state index >= 15 is 0 Å². The van der Waals surface area contributed by atoms with Crippen LogP contribution >= 0.6 is 0 Å². The highest BCUT2D eigenvalue weighted by Gasteiger charge is 2.25. The summed E-state index contributed by atoms with van der Waals surface area (Å²) in [4.78, 5) is 5.82. The Balaban J connectivity index is 0.00000108. The number of para-hydroxylation sites is 1.